The van der Waals surface area contributed by atoms with Gasteiger partial charge in [-0.1, -0.05) is 0 Å². The number of carbonyl (C=O) groups is 1. The summed E-state index contributed by atoms with van der Waals surface area (Å²) in [7, 11) is 1.27. The van der Waals surface area contributed by atoms with E-state index in [0.29, 0.717) is 0 Å². The van der Waals surface area contributed by atoms with Crippen LogP contribution < -0.4 is 10.7 Å². The van der Waals surface area contributed by atoms with Gasteiger partial charge in [0, 0.05) is 7.05 Å². The lowest BCUT2D eigenvalue weighted by atomic mass is 10.4. The van der Waals surface area contributed by atoms with E-state index in [1.165, 1.54) is 7.05 Å². The number of amides is 2. The second kappa shape index (κ2) is 3.93. The maximum absolute atomic E-state index is 11.7. The molecule has 0 atom stereocenters. The van der Waals surface area contributed by atoms with Gasteiger partial charge in [-0.05, 0) is 6.92 Å². The number of alkyl halides is 3. The van der Waals surface area contributed by atoms with Gasteiger partial charge in [-0.15, -0.1) is 0 Å². The number of halogens is 3. The van der Waals surface area contributed by atoms with Gasteiger partial charge < -0.3 is 5.32 Å². The summed E-state index contributed by atoms with van der Waals surface area (Å²) in [6, 6.07) is -0.793. The minimum atomic E-state index is -4.50. The molecule has 12 heavy (non-hydrogen) atoms. The van der Waals surface area contributed by atoms with E-state index in [0.717, 1.165) is 6.92 Å². The summed E-state index contributed by atoms with van der Waals surface area (Å²) in [6.45, 7) is 0.760. The molecule has 0 bridgehead atoms. The fourth-order valence-electron chi connectivity index (χ4n) is 0.254. The summed E-state index contributed by atoms with van der Waals surface area (Å²) >= 11 is 0. The topological polar surface area (TPSA) is 53.5 Å². The van der Waals surface area contributed by atoms with Crippen LogP contribution in [0.3, 0.4) is 0 Å². The molecule has 2 amide bonds. The van der Waals surface area contributed by atoms with Crippen molar-refractivity contribution in [1.82, 2.24) is 10.7 Å². The van der Waals surface area contributed by atoms with Crippen LogP contribution in [0.15, 0.2) is 5.10 Å². The standard InChI is InChI=1S/C5H8F3N3O/c1-3(5(6,7)8)10-11-4(12)9-2/h1-2H3,(H2,9,11,12)/b10-3+. The van der Waals surface area contributed by atoms with Crippen molar-refractivity contribution in [2.45, 2.75) is 13.1 Å². The molecule has 0 aromatic heterocycles. The summed E-state index contributed by atoms with van der Waals surface area (Å²) in [5, 5.41) is 4.84. The number of hydrogen-bond donors (Lipinski definition) is 2. The van der Waals surface area contributed by atoms with Crippen LogP contribution in [0.1, 0.15) is 6.92 Å². The van der Waals surface area contributed by atoms with E-state index in [2.05, 4.69) is 5.10 Å². The number of nitrogens with zero attached hydrogens (tertiary/aromatic N) is 1. The van der Waals surface area contributed by atoms with Gasteiger partial charge in [0.05, 0.1) is 0 Å². The van der Waals surface area contributed by atoms with Crippen molar-refractivity contribution in [3.63, 3.8) is 0 Å². The lowest BCUT2D eigenvalue weighted by molar-refractivity contribution is -0.0595. The van der Waals surface area contributed by atoms with E-state index in [-0.39, 0.29) is 0 Å². The number of carbonyl (C=O) groups excluding carboxylic acids is 1. The normalized spacial score (nSPS) is 12.6. The van der Waals surface area contributed by atoms with Gasteiger partial charge in [0.15, 0.2) is 0 Å². The molecule has 0 aliphatic rings. The smallest absolute Gasteiger partial charge is 0.340 e. The molecule has 0 rings (SSSR count). The number of rotatable bonds is 1. The second-order valence-electron chi connectivity index (χ2n) is 1.89. The van der Waals surface area contributed by atoms with Crippen LogP contribution in [0, 0.1) is 0 Å². The maximum Gasteiger partial charge on any atom is 0.430 e. The highest BCUT2D eigenvalue weighted by Gasteiger charge is 2.32. The van der Waals surface area contributed by atoms with Crippen LogP contribution in [0.5, 0.6) is 0 Å². The maximum atomic E-state index is 11.7. The Labute approximate surface area is 66.8 Å². The Morgan fingerprint density at radius 1 is 1.42 bits per heavy atom. The SMILES string of the molecule is CNC(=O)N/N=C(\C)C(F)(F)F. The minimum absolute atomic E-state index is 0.760. The summed E-state index contributed by atoms with van der Waals surface area (Å²) < 4.78 is 35.1. The van der Waals surface area contributed by atoms with Crippen LogP contribution in [-0.2, 0) is 0 Å². The van der Waals surface area contributed by atoms with E-state index in [1.807, 2.05) is 5.32 Å². The van der Waals surface area contributed by atoms with Crippen molar-refractivity contribution in [2.24, 2.45) is 5.10 Å². The van der Waals surface area contributed by atoms with Crippen molar-refractivity contribution < 1.29 is 18.0 Å². The third-order valence-corrected chi connectivity index (χ3v) is 0.962. The van der Waals surface area contributed by atoms with Crippen LogP contribution in [0.2, 0.25) is 0 Å². The molecule has 70 valence electrons. The minimum Gasteiger partial charge on any atom is -0.340 e. The lowest BCUT2D eigenvalue weighted by Crippen LogP contribution is -2.31. The van der Waals surface area contributed by atoms with Crippen molar-refractivity contribution in [3.05, 3.63) is 0 Å². The number of hydrazone groups is 1. The molecule has 4 nitrogen and oxygen atoms in total. The van der Waals surface area contributed by atoms with Gasteiger partial charge in [0.2, 0.25) is 0 Å². The first-order chi connectivity index (χ1) is 5.38. The molecule has 0 saturated heterocycles. The Morgan fingerprint density at radius 2 is 1.92 bits per heavy atom. The largest absolute Gasteiger partial charge is 0.430 e. The van der Waals surface area contributed by atoms with Crippen LogP contribution >= 0.6 is 0 Å². The van der Waals surface area contributed by atoms with E-state index >= 15 is 0 Å². The molecule has 2 N–H and O–H groups in total. The van der Waals surface area contributed by atoms with Gasteiger partial charge in [-0.25, -0.2) is 10.2 Å². The molecule has 0 radical (unpaired) electrons. The van der Waals surface area contributed by atoms with Crippen molar-refractivity contribution in [3.8, 4) is 0 Å². The third-order valence-electron chi connectivity index (χ3n) is 0.962. The van der Waals surface area contributed by atoms with Gasteiger partial charge in [-0.2, -0.15) is 18.3 Å². The van der Waals surface area contributed by atoms with E-state index in [9.17, 15) is 18.0 Å². The molecule has 0 aliphatic carbocycles. The summed E-state index contributed by atoms with van der Waals surface area (Å²) in [4.78, 5) is 10.3. The molecule has 0 spiro atoms. The second-order valence-corrected chi connectivity index (χ2v) is 1.89. The molecule has 0 aromatic carbocycles. The van der Waals surface area contributed by atoms with E-state index < -0.39 is 17.9 Å². The predicted molar refractivity (Wildman–Crippen MR) is 36.8 cm³/mol. The van der Waals surface area contributed by atoms with Crippen molar-refractivity contribution in [1.29, 1.82) is 0 Å². The van der Waals surface area contributed by atoms with Gasteiger partial charge >= 0.3 is 12.2 Å². The first-order valence-corrected chi connectivity index (χ1v) is 2.97. The average Bonchev–Trinajstić information content (AvgIpc) is 1.97. The Bertz CT molecular complexity index is 199. The summed E-state index contributed by atoms with van der Waals surface area (Å²) in [5.74, 6) is 0. The molecule has 0 unspecified atom stereocenters. The Kier molecular flexibility index (Phi) is 3.52. The lowest BCUT2D eigenvalue weighted by Gasteiger charge is -2.04. The van der Waals surface area contributed by atoms with Gasteiger partial charge in [0.25, 0.3) is 0 Å². The highest BCUT2D eigenvalue weighted by molar-refractivity contribution is 5.88. The van der Waals surface area contributed by atoms with Gasteiger partial charge in [-0.3, -0.25) is 0 Å². The molecular formula is C5H8F3N3O. The predicted octanol–water partition coefficient (Wildman–Crippen LogP) is 0.854. The highest BCUT2D eigenvalue weighted by atomic mass is 19.4. The summed E-state index contributed by atoms with van der Waals surface area (Å²) in [5.41, 5.74) is 0.551. The van der Waals surface area contributed by atoms with E-state index in [4.69, 9.17) is 0 Å². The zero-order valence-corrected chi connectivity index (χ0v) is 6.49. The Hall–Kier alpha value is -1.27. The molecule has 0 aromatic rings. The molecule has 0 heterocycles. The van der Waals surface area contributed by atoms with Crippen LogP contribution in [-0.4, -0.2) is 25.0 Å². The number of urea groups is 1. The van der Waals surface area contributed by atoms with Crippen molar-refractivity contribution in [2.75, 3.05) is 7.05 Å². The monoisotopic (exact) mass is 183 g/mol. The first-order valence-electron chi connectivity index (χ1n) is 2.97. The van der Waals surface area contributed by atoms with Gasteiger partial charge in [0.1, 0.15) is 5.71 Å². The Morgan fingerprint density at radius 3 is 2.25 bits per heavy atom. The zero-order valence-electron chi connectivity index (χ0n) is 6.49. The van der Waals surface area contributed by atoms with Crippen molar-refractivity contribution >= 4 is 11.7 Å². The van der Waals surface area contributed by atoms with Crippen LogP contribution in [0.4, 0.5) is 18.0 Å². The molecule has 0 saturated carbocycles. The third kappa shape index (κ3) is 3.79. The molecule has 0 fully saturated rings. The fraction of sp³-hybridized carbons (Fsp3) is 0.600. The number of nitrogens with one attached hydrogen (secondary N) is 2. The zero-order chi connectivity index (χ0) is 9.78. The highest BCUT2D eigenvalue weighted by Crippen LogP contribution is 2.16. The fourth-order valence-corrected chi connectivity index (χ4v) is 0.254. The molecule has 7 heteroatoms. The molecular weight excluding hydrogens is 175 g/mol. The number of hydrogen-bond acceptors (Lipinski definition) is 2. The Balaban J connectivity index is 4.11. The van der Waals surface area contributed by atoms with Crippen LogP contribution in [0.25, 0.3) is 0 Å². The first kappa shape index (κ1) is 10.7. The van der Waals surface area contributed by atoms with E-state index in [1.54, 1.807) is 5.43 Å². The average molecular weight is 183 g/mol. The quantitative estimate of drug-likeness (QED) is 0.459. The molecule has 0 aliphatic heterocycles. The summed E-state index contributed by atoms with van der Waals surface area (Å²) in [6.07, 6.45) is -4.50.